The number of ether oxygens (including phenoxy) is 1. The van der Waals surface area contributed by atoms with E-state index >= 15 is 0 Å². The quantitative estimate of drug-likeness (QED) is 0.713. The van der Waals surface area contributed by atoms with Gasteiger partial charge in [-0.2, -0.15) is 0 Å². The molecule has 1 N–H and O–H groups in total. The Hall–Kier alpha value is -1.69. The van der Waals surface area contributed by atoms with Gasteiger partial charge in [-0.15, -0.1) is 0 Å². The molecule has 2 aromatic rings. The summed E-state index contributed by atoms with van der Waals surface area (Å²) in [7, 11) is 0. The van der Waals surface area contributed by atoms with Gasteiger partial charge in [-0.3, -0.25) is 4.99 Å². The number of benzene rings is 2. The summed E-state index contributed by atoms with van der Waals surface area (Å²) in [6.45, 7) is 2.54. The van der Waals surface area contributed by atoms with E-state index in [9.17, 15) is 4.79 Å². The number of fused-ring (bicyclic) bond motifs is 1. The van der Waals surface area contributed by atoms with Gasteiger partial charge in [0.2, 0.25) is 0 Å². The van der Waals surface area contributed by atoms with Gasteiger partial charge in [0.15, 0.2) is 6.23 Å². The van der Waals surface area contributed by atoms with Crippen LogP contribution in [-0.4, -0.2) is 30.9 Å². The van der Waals surface area contributed by atoms with Crippen LogP contribution in [0.5, 0.6) is 0 Å². The molecule has 0 aliphatic carbocycles. The van der Waals surface area contributed by atoms with Crippen LogP contribution in [0.2, 0.25) is 5.02 Å². The van der Waals surface area contributed by atoms with E-state index in [1.54, 1.807) is 0 Å². The maximum atomic E-state index is 11.6. The van der Waals surface area contributed by atoms with Gasteiger partial charge in [0.05, 0.1) is 5.71 Å². The van der Waals surface area contributed by atoms with E-state index < -0.39 is 12.3 Å². The first-order valence-electron chi connectivity index (χ1n) is 8.10. The van der Waals surface area contributed by atoms with Gasteiger partial charge in [0.1, 0.15) is 12.3 Å². The summed E-state index contributed by atoms with van der Waals surface area (Å²) in [5, 5.41) is 3.85. The zero-order valence-electron chi connectivity index (χ0n) is 13.7. The number of benzodiazepines with no additional fused rings is 1. The number of aldehydes is 1. The number of hydrogen-bond acceptors (Lipinski definition) is 4. The number of rotatable bonds is 5. The summed E-state index contributed by atoms with van der Waals surface area (Å²) in [5.41, 5.74) is 3.21. The number of hydrogen-bond donors (Lipinski definition) is 1. The highest BCUT2D eigenvalue weighted by molar-refractivity contribution is 9.10. The Bertz CT molecular complexity index is 810. The Kier molecular flexibility index (Phi) is 5.89. The van der Waals surface area contributed by atoms with Gasteiger partial charge in [-0.05, 0) is 30.7 Å². The first-order valence-corrected chi connectivity index (χ1v) is 9.27. The Morgan fingerprint density at radius 3 is 2.80 bits per heavy atom. The monoisotopic (exact) mass is 420 g/mol. The number of carbonyl (C=O) groups is 1. The molecule has 130 valence electrons. The van der Waals surface area contributed by atoms with Gasteiger partial charge in [-0.1, -0.05) is 52.7 Å². The first kappa shape index (κ1) is 18.1. The van der Waals surface area contributed by atoms with Crippen molar-refractivity contribution in [2.45, 2.75) is 25.6 Å². The Balaban J connectivity index is 2.18. The topological polar surface area (TPSA) is 50.7 Å². The second-order valence-corrected chi connectivity index (χ2v) is 7.04. The van der Waals surface area contributed by atoms with Crippen molar-refractivity contribution in [2.75, 3.05) is 11.9 Å². The third kappa shape index (κ3) is 3.94. The standard InChI is InChI=1S/C19H18BrClN2O2/c1-2-9-25-19-17(11-24)22-16-8-7-12(20)10-14(16)18(23-19)13-5-3-4-6-15(13)21/h3-8,10-11,17,19,22H,2,9H2,1H3. The molecule has 2 aromatic carbocycles. The molecule has 6 heteroatoms. The highest BCUT2D eigenvalue weighted by Crippen LogP contribution is 2.31. The molecule has 0 saturated carbocycles. The number of nitrogens with one attached hydrogen (secondary N) is 1. The Morgan fingerprint density at radius 1 is 1.28 bits per heavy atom. The van der Waals surface area contributed by atoms with Crippen LogP contribution in [0.4, 0.5) is 5.69 Å². The number of nitrogens with zero attached hydrogens (tertiary/aromatic N) is 1. The second kappa shape index (κ2) is 8.13. The van der Waals surface area contributed by atoms with E-state index in [0.29, 0.717) is 17.3 Å². The molecule has 0 spiro atoms. The average molecular weight is 422 g/mol. The van der Waals surface area contributed by atoms with Crippen molar-refractivity contribution in [1.82, 2.24) is 0 Å². The third-order valence-corrected chi connectivity index (χ3v) is 4.71. The number of carbonyl (C=O) groups excluding carboxylic acids is 1. The van der Waals surface area contributed by atoms with Crippen molar-refractivity contribution in [1.29, 1.82) is 0 Å². The van der Waals surface area contributed by atoms with E-state index in [0.717, 1.165) is 34.0 Å². The van der Waals surface area contributed by atoms with Crippen LogP contribution in [0.25, 0.3) is 0 Å². The molecule has 0 radical (unpaired) electrons. The molecule has 25 heavy (non-hydrogen) atoms. The number of anilines is 1. The fourth-order valence-corrected chi connectivity index (χ4v) is 3.30. The molecule has 2 unspecified atom stereocenters. The van der Waals surface area contributed by atoms with Gasteiger partial charge in [-0.25, -0.2) is 0 Å². The van der Waals surface area contributed by atoms with Crippen molar-refractivity contribution in [3.05, 3.63) is 63.1 Å². The smallest absolute Gasteiger partial charge is 0.175 e. The van der Waals surface area contributed by atoms with Crippen LogP contribution in [-0.2, 0) is 9.53 Å². The molecular formula is C19H18BrClN2O2. The maximum absolute atomic E-state index is 11.6. The lowest BCUT2D eigenvalue weighted by molar-refractivity contribution is -0.111. The van der Waals surface area contributed by atoms with Crippen LogP contribution in [0.15, 0.2) is 51.9 Å². The van der Waals surface area contributed by atoms with Crippen molar-refractivity contribution in [3.8, 4) is 0 Å². The van der Waals surface area contributed by atoms with Crippen molar-refractivity contribution in [3.63, 3.8) is 0 Å². The van der Waals surface area contributed by atoms with E-state index in [-0.39, 0.29) is 0 Å². The van der Waals surface area contributed by atoms with Crippen LogP contribution < -0.4 is 5.32 Å². The zero-order valence-corrected chi connectivity index (χ0v) is 16.0. The molecule has 1 heterocycles. The predicted molar refractivity (Wildman–Crippen MR) is 105 cm³/mol. The largest absolute Gasteiger partial charge is 0.371 e. The van der Waals surface area contributed by atoms with E-state index in [4.69, 9.17) is 21.3 Å². The molecule has 0 fully saturated rings. The number of halogens is 2. The summed E-state index contributed by atoms with van der Waals surface area (Å²) in [4.78, 5) is 16.4. The SMILES string of the molecule is CCCOC1N=C(c2ccccc2Cl)c2cc(Br)ccc2NC1C=O. The molecule has 0 aromatic heterocycles. The second-order valence-electron chi connectivity index (χ2n) is 5.72. The van der Waals surface area contributed by atoms with Crippen molar-refractivity contribution in [2.24, 2.45) is 4.99 Å². The first-order chi connectivity index (χ1) is 12.1. The minimum absolute atomic E-state index is 0.524. The van der Waals surface area contributed by atoms with Gasteiger partial charge < -0.3 is 14.8 Å². The fourth-order valence-electron chi connectivity index (χ4n) is 2.71. The maximum Gasteiger partial charge on any atom is 0.175 e. The molecule has 0 amide bonds. The summed E-state index contributed by atoms with van der Waals surface area (Å²) in [5.74, 6) is 0. The minimum atomic E-state index is -0.616. The summed E-state index contributed by atoms with van der Waals surface area (Å²) >= 11 is 9.92. The lowest BCUT2D eigenvalue weighted by Crippen LogP contribution is -2.35. The minimum Gasteiger partial charge on any atom is -0.371 e. The molecule has 0 bridgehead atoms. The lowest BCUT2D eigenvalue weighted by atomic mass is 10.0. The van der Waals surface area contributed by atoms with Gasteiger partial charge >= 0.3 is 0 Å². The summed E-state index contributed by atoms with van der Waals surface area (Å²) in [6.07, 6.45) is 1.07. The van der Waals surface area contributed by atoms with Crippen molar-refractivity contribution < 1.29 is 9.53 Å². The molecule has 1 aliphatic rings. The Morgan fingerprint density at radius 2 is 2.08 bits per heavy atom. The highest BCUT2D eigenvalue weighted by atomic mass is 79.9. The van der Waals surface area contributed by atoms with E-state index in [1.165, 1.54) is 0 Å². The van der Waals surface area contributed by atoms with Crippen molar-refractivity contribution >= 4 is 45.2 Å². The predicted octanol–water partition coefficient (Wildman–Crippen LogP) is 4.69. The third-order valence-electron chi connectivity index (χ3n) is 3.89. The molecule has 4 nitrogen and oxygen atoms in total. The summed E-state index contributed by atoms with van der Waals surface area (Å²) in [6, 6.07) is 12.8. The van der Waals surface area contributed by atoms with E-state index in [2.05, 4.69) is 21.2 Å². The van der Waals surface area contributed by atoms with E-state index in [1.807, 2.05) is 49.4 Å². The average Bonchev–Trinajstić information content (AvgIpc) is 2.77. The van der Waals surface area contributed by atoms with Crippen LogP contribution >= 0.6 is 27.5 Å². The molecule has 2 atom stereocenters. The zero-order chi connectivity index (χ0) is 17.8. The molecule has 1 aliphatic heterocycles. The molecule has 3 rings (SSSR count). The van der Waals surface area contributed by atoms with Gasteiger partial charge in [0.25, 0.3) is 0 Å². The van der Waals surface area contributed by atoms with Crippen LogP contribution in [0, 0.1) is 0 Å². The van der Waals surface area contributed by atoms with Crippen LogP contribution in [0.3, 0.4) is 0 Å². The lowest BCUT2D eigenvalue weighted by Gasteiger charge is -2.19. The normalized spacial score (nSPS) is 19.4. The number of aliphatic imine (C=N–C) groups is 1. The molecular weight excluding hydrogens is 404 g/mol. The van der Waals surface area contributed by atoms with Gasteiger partial charge in [0, 0.05) is 32.9 Å². The van der Waals surface area contributed by atoms with Crippen LogP contribution in [0.1, 0.15) is 24.5 Å². The summed E-state index contributed by atoms with van der Waals surface area (Å²) < 4.78 is 6.75. The molecule has 0 saturated heterocycles. The fraction of sp³-hybridized carbons (Fsp3) is 0.263. The Labute approximate surface area is 160 Å². The highest BCUT2D eigenvalue weighted by Gasteiger charge is 2.28.